The summed E-state index contributed by atoms with van der Waals surface area (Å²) in [5.74, 6) is -0.115. The molecule has 7 heteroatoms. The van der Waals surface area contributed by atoms with E-state index in [9.17, 15) is 4.79 Å². The molecule has 0 fully saturated rings. The van der Waals surface area contributed by atoms with E-state index in [4.69, 9.17) is 11.6 Å². The fourth-order valence-corrected chi connectivity index (χ4v) is 3.32. The number of nitrogens with one attached hydrogen (secondary N) is 1. The Bertz CT molecular complexity index is 962. The summed E-state index contributed by atoms with van der Waals surface area (Å²) in [6, 6.07) is 3.85. The number of hydrogen-bond donors (Lipinski definition) is 1. The minimum Gasteiger partial charge on any atom is -0.350 e. The Morgan fingerprint density at radius 2 is 2.18 bits per heavy atom. The van der Waals surface area contributed by atoms with E-state index in [1.807, 2.05) is 41.7 Å². The quantitative estimate of drug-likeness (QED) is 0.175. The monoisotopic (exact) mass is 481 g/mol. The second kappa shape index (κ2) is 15.8. The summed E-state index contributed by atoms with van der Waals surface area (Å²) in [4.78, 5) is 27.6. The Balaban J connectivity index is 1.71. The van der Waals surface area contributed by atoms with E-state index in [2.05, 4.69) is 53.2 Å². The van der Waals surface area contributed by atoms with E-state index in [1.165, 1.54) is 5.57 Å². The summed E-state index contributed by atoms with van der Waals surface area (Å²) in [6.45, 7) is 8.14. The Labute approximate surface area is 208 Å². The van der Waals surface area contributed by atoms with Gasteiger partial charge in [0.1, 0.15) is 0 Å². The number of halogens is 1. The minimum atomic E-state index is -0.115. The van der Waals surface area contributed by atoms with Gasteiger partial charge in [-0.25, -0.2) is 0 Å². The van der Waals surface area contributed by atoms with Crippen molar-refractivity contribution in [1.82, 2.24) is 15.2 Å². The number of allylic oxidation sites excluding steroid dienone is 6. The SMILES string of the molecule is CCCCN=C/C(Cl)=C\C=C\CCc1cc(C(=O)NCCN=CN2C=CC(C)=CC2C)ccn1. The summed E-state index contributed by atoms with van der Waals surface area (Å²) < 4.78 is 0. The van der Waals surface area contributed by atoms with Crippen molar-refractivity contribution in [1.29, 1.82) is 0 Å². The Kier molecular flexibility index (Phi) is 12.6. The number of pyridine rings is 1. The van der Waals surface area contributed by atoms with Gasteiger partial charge in [0, 0.05) is 43.0 Å². The Morgan fingerprint density at radius 1 is 1.32 bits per heavy atom. The molecule has 0 bridgehead atoms. The first kappa shape index (κ1) is 27.3. The first-order valence-corrected chi connectivity index (χ1v) is 12.3. The van der Waals surface area contributed by atoms with Crippen LogP contribution in [-0.4, -0.2) is 54.0 Å². The molecule has 0 saturated carbocycles. The third-order valence-electron chi connectivity index (χ3n) is 5.12. The normalized spacial score (nSPS) is 16.7. The molecule has 2 rings (SSSR count). The van der Waals surface area contributed by atoms with Gasteiger partial charge in [0.15, 0.2) is 0 Å². The molecule has 1 atom stereocenters. The lowest BCUT2D eigenvalue weighted by molar-refractivity contribution is 0.0954. The van der Waals surface area contributed by atoms with Gasteiger partial charge < -0.3 is 10.2 Å². The van der Waals surface area contributed by atoms with E-state index in [0.29, 0.717) is 23.7 Å². The van der Waals surface area contributed by atoms with Gasteiger partial charge in [-0.15, -0.1) is 0 Å². The zero-order valence-electron chi connectivity index (χ0n) is 20.5. The molecule has 1 aromatic heterocycles. The van der Waals surface area contributed by atoms with Crippen LogP contribution in [0.2, 0.25) is 0 Å². The van der Waals surface area contributed by atoms with Crippen LogP contribution in [0.3, 0.4) is 0 Å². The summed E-state index contributed by atoms with van der Waals surface area (Å²) >= 11 is 6.11. The highest BCUT2D eigenvalue weighted by atomic mass is 35.5. The van der Waals surface area contributed by atoms with Crippen molar-refractivity contribution in [2.45, 2.75) is 52.5 Å². The molecule has 1 amide bonds. The molecule has 1 unspecified atom stereocenters. The molecule has 2 heterocycles. The summed E-state index contributed by atoms with van der Waals surface area (Å²) in [5.41, 5.74) is 2.74. The maximum Gasteiger partial charge on any atom is 0.251 e. The van der Waals surface area contributed by atoms with Crippen LogP contribution in [-0.2, 0) is 6.42 Å². The minimum absolute atomic E-state index is 0.115. The fraction of sp³-hybridized carbons (Fsp3) is 0.407. The van der Waals surface area contributed by atoms with Gasteiger partial charge >= 0.3 is 0 Å². The second-order valence-electron chi connectivity index (χ2n) is 8.13. The first-order chi connectivity index (χ1) is 16.5. The number of hydrogen-bond acceptors (Lipinski definition) is 4. The van der Waals surface area contributed by atoms with E-state index in [1.54, 1.807) is 18.5 Å². The van der Waals surface area contributed by atoms with E-state index >= 15 is 0 Å². The fourth-order valence-electron chi connectivity index (χ4n) is 3.18. The predicted molar refractivity (Wildman–Crippen MR) is 144 cm³/mol. The van der Waals surface area contributed by atoms with E-state index < -0.39 is 0 Å². The average Bonchev–Trinajstić information content (AvgIpc) is 2.82. The molecule has 1 aromatic rings. The molecule has 1 aliphatic rings. The topological polar surface area (TPSA) is 70.0 Å². The summed E-state index contributed by atoms with van der Waals surface area (Å²) in [6.07, 6.45) is 21.0. The molecule has 0 saturated heterocycles. The van der Waals surface area contributed by atoms with Gasteiger partial charge in [-0.05, 0) is 57.4 Å². The Hall–Kier alpha value is -2.99. The molecule has 182 valence electrons. The van der Waals surface area contributed by atoms with Crippen LogP contribution in [0, 0.1) is 0 Å². The number of carbonyl (C=O) groups is 1. The zero-order valence-corrected chi connectivity index (χ0v) is 21.2. The van der Waals surface area contributed by atoms with Crippen molar-refractivity contribution in [3.8, 4) is 0 Å². The molecular weight excluding hydrogens is 446 g/mol. The maximum atomic E-state index is 12.5. The second-order valence-corrected chi connectivity index (χ2v) is 8.57. The first-order valence-electron chi connectivity index (χ1n) is 11.9. The van der Waals surface area contributed by atoms with Crippen LogP contribution in [0.5, 0.6) is 0 Å². The van der Waals surface area contributed by atoms with Crippen LogP contribution in [0.25, 0.3) is 0 Å². The summed E-state index contributed by atoms with van der Waals surface area (Å²) in [7, 11) is 0. The van der Waals surface area contributed by atoms with Crippen molar-refractivity contribution in [3.63, 3.8) is 0 Å². The van der Waals surface area contributed by atoms with Gasteiger partial charge in [-0.3, -0.25) is 19.8 Å². The van der Waals surface area contributed by atoms with Crippen LogP contribution in [0.15, 0.2) is 75.5 Å². The summed E-state index contributed by atoms with van der Waals surface area (Å²) in [5, 5.41) is 3.53. The average molecular weight is 482 g/mol. The largest absolute Gasteiger partial charge is 0.350 e. The molecule has 1 aliphatic heterocycles. The highest BCUT2D eigenvalue weighted by Crippen LogP contribution is 2.11. The standard InChI is InChI=1S/C27H36ClN5O/c1-4-5-13-29-20-25(28)9-7-6-8-10-26-19-24(11-14-31-26)27(34)32-16-15-30-21-33-17-12-22(2)18-23(33)3/h6-7,9,11-12,14,17-21,23H,4-5,8,10,13,15-16H2,1-3H3,(H,32,34)/b7-6+,25-9+,29-20?,30-21?. The molecule has 34 heavy (non-hydrogen) atoms. The van der Waals surface area contributed by atoms with Gasteiger partial charge in [0.05, 0.1) is 24.0 Å². The van der Waals surface area contributed by atoms with Crippen LogP contribution >= 0.6 is 11.6 Å². The highest BCUT2D eigenvalue weighted by Gasteiger charge is 2.09. The lowest BCUT2D eigenvalue weighted by atomic mass is 10.1. The van der Waals surface area contributed by atoms with Crippen LogP contribution < -0.4 is 5.32 Å². The van der Waals surface area contributed by atoms with Crippen molar-refractivity contribution in [2.24, 2.45) is 9.98 Å². The number of amides is 1. The molecule has 1 N–H and O–H groups in total. The Morgan fingerprint density at radius 3 is 2.97 bits per heavy atom. The molecule has 0 spiro atoms. The van der Waals surface area contributed by atoms with Crippen molar-refractivity contribution in [2.75, 3.05) is 19.6 Å². The zero-order chi connectivity index (χ0) is 24.6. The number of aliphatic imine (C=N–C) groups is 2. The van der Waals surface area contributed by atoms with Gasteiger partial charge in [0.25, 0.3) is 5.91 Å². The molecule has 0 aliphatic carbocycles. The third kappa shape index (κ3) is 10.8. The molecule has 0 radical (unpaired) electrons. The number of carbonyl (C=O) groups excluding carboxylic acids is 1. The van der Waals surface area contributed by atoms with E-state index in [-0.39, 0.29) is 11.9 Å². The lowest BCUT2D eigenvalue weighted by Crippen LogP contribution is -2.29. The van der Waals surface area contributed by atoms with Gasteiger partial charge in [-0.1, -0.05) is 48.7 Å². The maximum absolute atomic E-state index is 12.5. The van der Waals surface area contributed by atoms with Gasteiger partial charge in [0.2, 0.25) is 0 Å². The van der Waals surface area contributed by atoms with Crippen molar-refractivity contribution >= 4 is 30.1 Å². The van der Waals surface area contributed by atoms with Crippen molar-refractivity contribution in [3.05, 3.63) is 76.8 Å². The number of aryl methyl sites for hydroxylation is 1. The number of unbranched alkanes of at least 4 members (excludes halogenated alkanes) is 1. The number of nitrogens with zero attached hydrogens (tertiary/aromatic N) is 4. The predicted octanol–water partition coefficient (Wildman–Crippen LogP) is 5.49. The smallest absolute Gasteiger partial charge is 0.251 e. The lowest BCUT2D eigenvalue weighted by Gasteiger charge is -2.24. The molecular formula is C27H36ClN5O. The van der Waals surface area contributed by atoms with Crippen LogP contribution in [0.1, 0.15) is 56.1 Å². The molecule has 6 nitrogen and oxygen atoms in total. The third-order valence-corrected chi connectivity index (χ3v) is 5.34. The van der Waals surface area contributed by atoms with Gasteiger partial charge in [-0.2, -0.15) is 0 Å². The number of rotatable bonds is 13. The number of aromatic nitrogens is 1. The highest BCUT2D eigenvalue weighted by molar-refractivity contribution is 6.39. The van der Waals surface area contributed by atoms with Crippen molar-refractivity contribution < 1.29 is 4.79 Å². The van der Waals surface area contributed by atoms with Crippen LogP contribution in [0.4, 0.5) is 0 Å². The van der Waals surface area contributed by atoms with E-state index in [0.717, 1.165) is 37.9 Å². The molecule has 0 aromatic carbocycles.